The number of H-pyrrole nitrogens is 2. The van der Waals surface area contributed by atoms with E-state index in [1.54, 1.807) is 97.7 Å². The molecule has 0 spiro atoms. The van der Waals surface area contributed by atoms with Crippen LogP contribution in [0.15, 0.2) is 118 Å². The molecule has 1 amide bonds. The average Bonchev–Trinajstić information content (AvgIpc) is 3.33. The van der Waals surface area contributed by atoms with Crippen molar-refractivity contribution in [2.45, 2.75) is 108 Å². The number of carbonyl (C=O) groups is 6. The molecule has 0 unspecified atom stereocenters. The number of aromatic nitrogens is 2. The number of hydrogen-bond donors (Lipinski definition) is 6. The molecule has 2 bridgehead atoms. The van der Waals surface area contributed by atoms with Gasteiger partial charge in [-0.2, -0.15) is 4.39 Å². The maximum atomic E-state index is 15.5. The van der Waals surface area contributed by atoms with Crippen molar-refractivity contribution in [3.8, 4) is 0 Å². The summed E-state index contributed by atoms with van der Waals surface area (Å²) in [4.78, 5) is 107. The quantitative estimate of drug-likeness (QED) is 0.0756. The number of aliphatic hydroxyl groups is 3. The first kappa shape index (κ1) is 54.9. The Morgan fingerprint density at radius 3 is 1.96 bits per heavy atom. The van der Waals surface area contributed by atoms with Gasteiger partial charge in [-0.05, 0) is 54.8 Å². The maximum Gasteiger partial charge on any atom is 0.338 e. The Balaban J connectivity index is 0.000000764. The summed E-state index contributed by atoms with van der Waals surface area (Å²) in [6, 6.07) is 22.9. The van der Waals surface area contributed by atoms with Gasteiger partial charge in [-0.25, -0.2) is 14.4 Å². The van der Waals surface area contributed by atoms with E-state index in [4.69, 9.17) is 23.7 Å². The van der Waals surface area contributed by atoms with Crippen molar-refractivity contribution in [1.29, 1.82) is 0 Å². The van der Waals surface area contributed by atoms with E-state index in [0.717, 1.165) is 13.8 Å². The number of nitrogens with one attached hydrogen (secondary N) is 3. The zero-order chi connectivity index (χ0) is 51.8. The van der Waals surface area contributed by atoms with Crippen LogP contribution in [0.25, 0.3) is 0 Å². The minimum atomic E-state index is -2.39. The number of aromatic amines is 2. The van der Waals surface area contributed by atoms with Gasteiger partial charge >= 0.3 is 29.6 Å². The van der Waals surface area contributed by atoms with Gasteiger partial charge in [0, 0.05) is 64.9 Å². The van der Waals surface area contributed by atoms with Gasteiger partial charge in [-0.15, -0.1) is 0 Å². The predicted molar refractivity (Wildman–Crippen MR) is 245 cm³/mol. The van der Waals surface area contributed by atoms with E-state index in [1.807, 2.05) is 4.98 Å². The SMILES string of the molecule is CC(=O)O[C@H]1C(=O)[C@@]2(C)[C@H]([C@H](OC(=O)c3ccccc3)[C@]3(O)C[C@H](OC(=O)[C@H](O)[C@@H](NC(=O)c4ccccc4)c4ccccc4)C(C)=C1C3(C)C)[C@]1(OC(C)=O)CO[C@@H]1C[C@@H]2O.O=c1[nH]cc(F)c(=O)[nH]1.[Pt]. The zero-order valence-corrected chi connectivity index (χ0v) is 42.1. The number of Topliss-reactive ketones (excluding diaryl/α,β-unsaturated/α-hetero) is 1. The van der Waals surface area contributed by atoms with E-state index in [0.29, 0.717) is 11.8 Å². The molecule has 1 saturated heterocycles. The summed E-state index contributed by atoms with van der Waals surface area (Å²) in [6.07, 6.45) is -9.80. The van der Waals surface area contributed by atoms with E-state index in [1.165, 1.54) is 26.0 Å². The molecule has 19 nitrogen and oxygen atoms in total. The molecule has 4 aliphatic rings. The molecule has 3 aliphatic carbocycles. The van der Waals surface area contributed by atoms with Crippen LogP contribution in [0.1, 0.15) is 86.7 Å². The summed E-state index contributed by atoms with van der Waals surface area (Å²) in [5.74, 6) is -7.83. The molecule has 8 rings (SSSR count). The van der Waals surface area contributed by atoms with Gasteiger partial charge in [0.2, 0.25) is 5.82 Å². The Labute approximate surface area is 425 Å². The Kier molecular flexibility index (Phi) is 16.3. The molecule has 6 N–H and O–H groups in total. The summed E-state index contributed by atoms with van der Waals surface area (Å²) in [7, 11) is 0. The molecule has 3 fully saturated rings. The average molecular weight is 1180 g/mol. The summed E-state index contributed by atoms with van der Waals surface area (Å²) < 4.78 is 42.3. The largest absolute Gasteiger partial charge is 0.456 e. The Morgan fingerprint density at radius 1 is 0.847 bits per heavy atom. The minimum absolute atomic E-state index is 0. The number of halogens is 1. The molecule has 3 aromatic carbocycles. The molecule has 21 heteroatoms. The third-order valence-electron chi connectivity index (χ3n) is 14.3. The Morgan fingerprint density at radius 2 is 1.43 bits per heavy atom. The normalized spacial score (nSPS) is 28.6. The number of aliphatic hydroxyl groups excluding tert-OH is 2. The van der Waals surface area contributed by atoms with Crippen LogP contribution in [0.5, 0.6) is 0 Å². The zero-order valence-electron chi connectivity index (χ0n) is 39.8. The van der Waals surface area contributed by atoms with Crippen LogP contribution in [-0.2, 0) is 63.9 Å². The number of ketones is 1. The van der Waals surface area contributed by atoms with Crippen LogP contribution in [0.2, 0.25) is 0 Å². The number of fused-ring (bicyclic) bond motifs is 5. The summed E-state index contributed by atoms with van der Waals surface area (Å²) in [5.41, 5.74) is -8.73. The Bertz CT molecular complexity index is 2860. The van der Waals surface area contributed by atoms with E-state index in [9.17, 15) is 53.3 Å². The molecule has 0 radical (unpaired) electrons. The van der Waals surface area contributed by atoms with E-state index >= 15 is 4.79 Å². The number of hydrogen-bond acceptors (Lipinski definition) is 16. The van der Waals surface area contributed by atoms with E-state index < -0.39 is 130 Å². The predicted octanol–water partition coefficient (Wildman–Crippen LogP) is 2.94. The number of esters is 4. The first-order valence-corrected chi connectivity index (χ1v) is 22.6. The van der Waals surface area contributed by atoms with Crippen LogP contribution in [0, 0.1) is 22.6 Å². The Hall–Kier alpha value is -6.44. The minimum Gasteiger partial charge on any atom is -0.456 e. The van der Waals surface area contributed by atoms with Crippen LogP contribution >= 0.6 is 0 Å². The van der Waals surface area contributed by atoms with Crippen LogP contribution in [0.4, 0.5) is 4.39 Å². The van der Waals surface area contributed by atoms with Gasteiger partial charge in [-0.3, -0.25) is 29.0 Å². The monoisotopic (exact) mass is 1180 g/mol. The van der Waals surface area contributed by atoms with Crippen molar-refractivity contribution in [3.63, 3.8) is 0 Å². The second kappa shape index (κ2) is 21.3. The summed E-state index contributed by atoms with van der Waals surface area (Å²) in [5, 5.41) is 40.2. The standard InChI is InChI=1S/C47H51NO14.C4H3FN2O2.Pt/c1-25-31(60-43(56)36(52)35(28-16-10-7-11-17-28)48-41(54)29-18-12-8-13-19-29)23-47(57)40(61-42(55)30-20-14-9-15-21-30)38-45(6,32(51)22-33-46(38,24-58-33)62-27(3)50)39(53)37(59-26(2)49)34(25)44(47,4)5;5-2-1-6-4(9)7-3(2)8;/h7-21,31-33,35-38,40,51-52,57H,22-24H2,1-6H3,(H,48,54);1H,(H2,6,7,8,9);/t31-,32-,33+,35-,36+,37+,38-,40-,45+,46-,47+;;/m0../s1. The van der Waals surface area contributed by atoms with Crippen molar-refractivity contribution < 1.29 is 93.2 Å². The number of ether oxygens (including phenoxy) is 5. The first-order valence-electron chi connectivity index (χ1n) is 22.6. The van der Waals surface area contributed by atoms with Gasteiger partial charge in [0.25, 0.3) is 11.5 Å². The van der Waals surface area contributed by atoms with Crippen LogP contribution < -0.4 is 16.6 Å². The summed E-state index contributed by atoms with van der Waals surface area (Å²) in [6.45, 7) is 7.97. The number of amides is 1. The molecule has 1 aromatic heterocycles. The van der Waals surface area contributed by atoms with Crippen LogP contribution in [0.3, 0.4) is 0 Å². The fourth-order valence-corrected chi connectivity index (χ4v) is 10.6. The molecule has 1 aliphatic heterocycles. The van der Waals surface area contributed by atoms with Gasteiger partial charge in [0.1, 0.15) is 23.9 Å². The topological polar surface area (TPSA) is 287 Å². The van der Waals surface area contributed by atoms with Crippen LogP contribution in [-0.4, -0.2) is 115 Å². The fourth-order valence-electron chi connectivity index (χ4n) is 10.6. The number of carbonyl (C=O) groups excluding carboxylic acids is 6. The molecular weight excluding hydrogens is 1120 g/mol. The van der Waals surface area contributed by atoms with E-state index in [-0.39, 0.29) is 56.4 Å². The molecule has 2 saturated carbocycles. The number of benzene rings is 3. The van der Waals surface area contributed by atoms with Crippen molar-refractivity contribution in [3.05, 3.63) is 152 Å². The third kappa shape index (κ3) is 10.0. The second-order valence-corrected chi connectivity index (χ2v) is 18.8. The van der Waals surface area contributed by atoms with E-state index in [2.05, 4.69) is 5.32 Å². The first-order chi connectivity index (χ1) is 33.5. The van der Waals surface area contributed by atoms with Crippen molar-refractivity contribution in [2.75, 3.05) is 6.61 Å². The second-order valence-electron chi connectivity index (χ2n) is 18.8. The fraction of sp³-hybridized carbons (Fsp3) is 0.412. The van der Waals surface area contributed by atoms with Crippen molar-refractivity contribution in [2.24, 2.45) is 16.7 Å². The van der Waals surface area contributed by atoms with Gasteiger partial charge in [0.05, 0.1) is 35.6 Å². The molecule has 2 heterocycles. The third-order valence-corrected chi connectivity index (χ3v) is 14.3. The molecule has 386 valence electrons. The number of rotatable bonds is 10. The van der Waals surface area contributed by atoms with Crippen molar-refractivity contribution >= 4 is 35.6 Å². The van der Waals surface area contributed by atoms with Gasteiger partial charge in [0.15, 0.2) is 23.6 Å². The molecule has 72 heavy (non-hydrogen) atoms. The maximum absolute atomic E-state index is 15.5. The summed E-state index contributed by atoms with van der Waals surface area (Å²) >= 11 is 0. The smallest absolute Gasteiger partial charge is 0.338 e. The molecule has 11 atom stereocenters. The molecule has 4 aromatic rings. The van der Waals surface area contributed by atoms with Crippen molar-refractivity contribution in [1.82, 2.24) is 15.3 Å². The molecular formula is C51H54FN3O16Pt. The van der Waals surface area contributed by atoms with Gasteiger partial charge in [-0.1, -0.05) is 80.6 Å². The van der Waals surface area contributed by atoms with Gasteiger partial charge < -0.3 is 49.3 Å².